The first-order chi connectivity index (χ1) is 14.2. The van der Waals surface area contributed by atoms with Crippen LogP contribution in [-0.2, 0) is 15.6 Å². The summed E-state index contributed by atoms with van der Waals surface area (Å²) in [7, 11) is -0.306. The molecule has 0 radical (unpaired) electrons. The Balaban J connectivity index is 1.69. The largest absolute Gasteiger partial charge is 0.442 e. The van der Waals surface area contributed by atoms with Gasteiger partial charge in [-0.2, -0.15) is 0 Å². The summed E-state index contributed by atoms with van der Waals surface area (Å²) in [6, 6.07) is 28.5. The highest BCUT2D eigenvalue weighted by molar-refractivity contribution is 7.97. The van der Waals surface area contributed by atoms with E-state index in [-0.39, 0.29) is 16.9 Å². The molecule has 1 fully saturated rings. The lowest BCUT2D eigenvalue weighted by atomic mass is 10.0. The molecule has 4 rings (SSSR count). The monoisotopic (exact) mass is 399 g/mol. The molecule has 0 amide bonds. The molecule has 0 unspecified atom stereocenters. The number of ether oxygens (including phenoxy) is 1. The average Bonchev–Trinajstić information content (AvgIpc) is 3.25. The van der Waals surface area contributed by atoms with Gasteiger partial charge in [-0.25, -0.2) is 4.79 Å². The maximum absolute atomic E-state index is 12.9. The summed E-state index contributed by atoms with van der Waals surface area (Å²) in [5.41, 5.74) is -0.193. The van der Waals surface area contributed by atoms with Gasteiger partial charge in [0.05, 0.1) is 16.5 Å². The van der Waals surface area contributed by atoms with Gasteiger partial charge in [0.25, 0.3) is 0 Å². The Hall–Kier alpha value is -2.96. The molecule has 0 aromatic heterocycles. The second-order valence-corrected chi connectivity index (χ2v) is 9.22. The predicted molar refractivity (Wildman–Crippen MR) is 117 cm³/mol. The fourth-order valence-electron chi connectivity index (χ4n) is 3.73. The number of hydrogen-bond donors (Lipinski definition) is 0. The summed E-state index contributed by atoms with van der Waals surface area (Å²) in [6.45, 7) is 0. The van der Waals surface area contributed by atoms with E-state index >= 15 is 0 Å². The summed E-state index contributed by atoms with van der Waals surface area (Å²) < 4.78 is 5.81. The van der Waals surface area contributed by atoms with Crippen LogP contribution in [0.4, 0.5) is 0 Å². The van der Waals surface area contributed by atoms with E-state index in [1.807, 2.05) is 54.6 Å². The number of carbonyl (C=O) groups excluding carboxylic acids is 1. The van der Waals surface area contributed by atoms with Crippen LogP contribution in [0.1, 0.15) is 36.0 Å². The second-order valence-electron chi connectivity index (χ2n) is 7.20. The van der Waals surface area contributed by atoms with Gasteiger partial charge in [-0.15, -0.1) is 6.42 Å². The number of benzene rings is 3. The Morgan fingerprint density at radius 3 is 1.93 bits per heavy atom. The van der Waals surface area contributed by atoms with Crippen molar-refractivity contribution in [3.63, 3.8) is 0 Å². The number of carbonyl (C=O) groups is 1. The Morgan fingerprint density at radius 2 is 1.38 bits per heavy atom. The fourth-order valence-corrected chi connectivity index (χ4v) is 5.86. The molecule has 3 aromatic carbocycles. The minimum absolute atomic E-state index is 0.306. The lowest BCUT2D eigenvalue weighted by molar-refractivity contribution is 0.0104. The van der Waals surface area contributed by atoms with Gasteiger partial charge in [-0.3, -0.25) is 0 Å². The molecular formula is C26H23O2S+. The molecule has 1 saturated carbocycles. The van der Waals surface area contributed by atoms with Crippen LogP contribution in [0.25, 0.3) is 0 Å². The highest BCUT2D eigenvalue weighted by atomic mass is 32.2. The van der Waals surface area contributed by atoms with Crippen molar-refractivity contribution in [3.8, 4) is 12.3 Å². The van der Waals surface area contributed by atoms with Gasteiger partial charge in [-0.05, 0) is 62.1 Å². The van der Waals surface area contributed by atoms with Crippen LogP contribution in [-0.4, -0.2) is 11.6 Å². The van der Waals surface area contributed by atoms with Crippen molar-refractivity contribution in [2.75, 3.05) is 0 Å². The van der Waals surface area contributed by atoms with E-state index in [4.69, 9.17) is 11.2 Å². The van der Waals surface area contributed by atoms with Gasteiger partial charge >= 0.3 is 5.97 Å². The van der Waals surface area contributed by atoms with Crippen molar-refractivity contribution in [3.05, 3.63) is 90.5 Å². The zero-order valence-electron chi connectivity index (χ0n) is 16.2. The van der Waals surface area contributed by atoms with Gasteiger partial charge in [0.1, 0.15) is 0 Å². The fraction of sp³-hybridized carbons (Fsp3) is 0.192. The second kappa shape index (κ2) is 8.59. The maximum Gasteiger partial charge on any atom is 0.339 e. The third-order valence-corrected chi connectivity index (χ3v) is 7.44. The molecule has 0 spiro atoms. The summed E-state index contributed by atoms with van der Waals surface area (Å²) >= 11 is 0. The van der Waals surface area contributed by atoms with Gasteiger partial charge in [0, 0.05) is 6.07 Å². The molecule has 0 N–H and O–H groups in total. The van der Waals surface area contributed by atoms with E-state index in [0.717, 1.165) is 30.6 Å². The average molecular weight is 400 g/mol. The Kier molecular flexibility index (Phi) is 5.74. The quantitative estimate of drug-likeness (QED) is 0.304. The van der Waals surface area contributed by atoms with E-state index in [9.17, 15) is 4.79 Å². The summed E-state index contributed by atoms with van der Waals surface area (Å²) in [4.78, 5) is 16.4. The molecule has 29 heavy (non-hydrogen) atoms. The molecule has 1 aliphatic carbocycles. The van der Waals surface area contributed by atoms with E-state index in [0.29, 0.717) is 5.56 Å². The number of terminal acetylenes is 1. The molecule has 2 nitrogen and oxygen atoms in total. The number of esters is 1. The van der Waals surface area contributed by atoms with Crippen molar-refractivity contribution in [1.29, 1.82) is 0 Å². The molecular weight excluding hydrogens is 376 g/mol. The van der Waals surface area contributed by atoms with Crippen LogP contribution in [0.15, 0.2) is 99.6 Å². The number of rotatable bonds is 5. The zero-order chi connectivity index (χ0) is 20.1. The smallest absolute Gasteiger partial charge is 0.339 e. The lowest BCUT2D eigenvalue weighted by Crippen LogP contribution is -2.30. The summed E-state index contributed by atoms with van der Waals surface area (Å²) in [5.74, 6) is 2.39. The van der Waals surface area contributed by atoms with Crippen LogP contribution >= 0.6 is 0 Å². The first-order valence-corrected chi connectivity index (χ1v) is 11.1. The summed E-state index contributed by atoms with van der Waals surface area (Å²) in [6.07, 6.45) is 9.19. The standard InChI is InChI=1S/C26H23O2S/c1-2-26(18-9-10-19-26)28-25(27)21-12-11-17-24(20-21)29(22-13-5-3-6-14-22)23-15-7-4-8-16-23/h1,3-8,11-17,20H,9-10,18-19H2/q+1. The van der Waals surface area contributed by atoms with Crippen molar-refractivity contribution in [2.45, 2.75) is 46.0 Å². The molecule has 0 aliphatic heterocycles. The molecule has 0 heterocycles. The van der Waals surface area contributed by atoms with Crippen LogP contribution < -0.4 is 0 Å². The number of hydrogen-bond acceptors (Lipinski definition) is 2. The molecule has 3 aromatic rings. The molecule has 3 heteroatoms. The van der Waals surface area contributed by atoms with E-state index < -0.39 is 5.60 Å². The van der Waals surface area contributed by atoms with E-state index in [1.54, 1.807) is 0 Å². The first kappa shape index (κ1) is 19.4. The first-order valence-electron chi connectivity index (χ1n) is 9.86. The Bertz CT molecular complexity index is 976. The highest BCUT2D eigenvalue weighted by Gasteiger charge is 2.36. The molecule has 144 valence electrons. The molecule has 0 atom stereocenters. The van der Waals surface area contributed by atoms with E-state index in [1.165, 1.54) is 9.79 Å². The lowest BCUT2D eigenvalue weighted by Gasteiger charge is -2.22. The van der Waals surface area contributed by atoms with Crippen molar-refractivity contribution in [2.24, 2.45) is 0 Å². The third kappa shape index (κ3) is 4.23. The van der Waals surface area contributed by atoms with E-state index in [2.05, 4.69) is 36.3 Å². The molecule has 1 aliphatic rings. The van der Waals surface area contributed by atoms with Crippen LogP contribution in [0, 0.1) is 12.3 Å². The maximum atomic E-state index is 12.9. The van der Waals surface area contributed by atoms with Crippen LogP contribution in [0.5, 0.6) is 0 Å². The predicted octanol–water partition coefficient (Wildman–Crippen LogP) is 5.88. The SMILES string of the molecule is C#CC1(OC(=O)c2cccc([S+](c3ccccc3)c3ccccc3)c2)CCCC1. The third-order valence-electron chi connectivity index (χ3n) is 5.23. The molecule has 0 saturated heterocycles. The van der Waals surface area contributed by atoms with Crippen LogP contribution in [0.3, 0.4) is 0 Å². The van der Waals surface area contributed by atoms with Crippen molar-refractivity contribution >= 4 is 16.9 Å². The van der Waals surface area contributed by atoms with Crippen molar-refractivity contribution < 1.29 is 9.53 Å². The summed E-state index contributed by atoms with van der Waals surface area (Å²) in [5, 5.41) is 0. The Labute approximate surface area is 175 Å². The zero-order valence-corrected chi connectivity index (χ0v) is 17.0. The van der Waals surface area contributed by atoms with Crippen molar-refractivity contribution in [1.82, 2.24) is 0 Å². The van der Waals surface area contributed by atoms with Gasteiger partial charge in [0.2, 0.25) is 0 Å². The normalized spacial score (nSPS) is 15.0. The minimum atomic E-state index is -0.742. The minimum Gasteiger partial charge on any atom is -0.442 e. The Morgan fingerprint density at radius 1 is 0.828 bits per heavy atom. The van der Waals surface area contributed by atoms with Crippen LogP contribution in [0.2, 0.25) is 0 Å². The molecule has 0 bridgehead atoms. The topological polar surface area (TPSA) is 26.3 Å². The van der Waals surface area contributed by atoms with Gasteiger partial charge < -0.3 is 4.74 Å². The van der Waals surface area contributed by atoms with Gasteiger partial charge in [0.15, 0.2) is 20.3 Å². The highest BCUT2D eigenvalue weighted by Crippen LogP contribution is 2.34. The van der Waals surface area contributed by atoms with Gasteiger partial charge in [-0.1, -0.05) is 48.4 Å².